The quantitative estimate of drug-likeness (QED) is 0.674. The standard InChI is InChI=1S/C20H26F3N3O/c1-6-13(7-2)24-18-16(8-3)25-17(19(26-18)27-5)14-10-9-12(4)11-15(14)20(21,22)23/h9-11,13H,6-8H2,1-5H3,(H,24,26). The zero-order chi connectivity index (χ0) is 20.2. The Bertz CT molecular complexity index is 787. The number of benzene rings is 1. The molecule has 0 fully saturated rings. The van der Waals surface area contributed by atoms with Crippen molar-refractivity contribution in [3.8, 4) is 17.1 Å². The third kappa shape index (κ3) is 4.70. The number of aromatic nitrogens is 2. The van der Waals surface area contributed by atoms with Gasteiger partial charge in [-0.15, -0.1) is 0 Å². The lowest BCUT2D eigenvalue weighted by Gasteiger charge is -2.20. The molecule has 2 aromatic rings. The van der Waals surface area contributed by atoms with E-state index in [4.69, 9.17) is 4.74 Å². The molecule has 1 aromatic heterocycles. The second-order valence-electron chi connectivity index (χ2n) is 6.43. The Hall–Kier alpha value is -2.31. The molecule has 0 amide bonds. The first-order valence-corrected chi connectivity index (χ1v) is 9.14. The number of hydrogen-bond acceptors (Lipinski definition) is 4. The molecule has 0 aliphatic rings. The smallest absolute Gasteiger partial charge is 0.417 e. The minimum Gasteiger partial charge on any atom is -0.479 e. The van der Waals surface area contributed by atoms with Crippen LogP contribution in [0.2, 0.25) is 0 Å². The number of rotatable bonds is 7. The molecule has 4 nitrogen and oxygen atoms in total. The van der Waals surface area contributed by atoms with Crippen molar-refractivity contribution in [1.82, 2.24) is 9.97 Å². The SMILES string of the molecule is CCc1nc(-c2ccc(C)cc2C(F)(F)F)c(OC)nc1NC(CC)CC. The molecule has 7 heteroatoms. The fourth-order valence-corrected chi connectivity index (χ4v) is 2.92. The van der Waals surface area contributed by atoms with Crippen LogP contribution in [0.25, 0.3) is 11.3 Å². The molecule has 2 rings (SSSR count). The molecule has 0 unspecified atom stereocenters. The van der Waals surface area contributed by atoms with Crippen LogP contribution in [-0.2, 0) is 12.6 Å². The van der Waals surface area contributed by atoms with Gasteiger partial charge >= 0.3 is 6.18 Å². The Morgan fingerprint density at radius 2 is 1.78 bits per heavy atom. The average molecular weight is 381 g/mol. The Morgan fingerprint density at radius 3 is 2.30 bits per heavy atom. The maximum absolute atomic E-state index is 13.6. The Labute approximate surface area is 158 Å². The van der Waals surface area contributed by atoms with Crippen molar-refractivity contribution in [3.05, 3.63) is 35.0 Å². The van der Waals surface area contributed by atoms with E-state index in [1.54, 1.807) is 13.0 Å². The van der Waals surface area contributed by atoms with Crippen molar-refractivity contribution in [2.24, 2.45) is 0 Å². The number of aryl methyl sites for hydroxylation is 2. The van der Waals surface area contributed by atoms with E-state index in [2.05, 4.69) is 29.1 Å². The number of anilines is 1. The van der Waals surface area contributed by atoms with Gasteiger partial charge in [-0.3, -0.25) is 0 Å². The Balaban J connectivity index is 2.65. The lowest BCUT2D eigenvalue weighted by molar-refractivity contribution is -0.137. The summed E-state index contributed by atoms with van der Waals surface area (Å²) in [6.07, 6.45) is -2.14. The van der Waals surface area contributed by atoms with Crippen LogP contribution < -0.4 is 10.1 Å². The summed E-state index contributed by atoms with van der Waals surface area (Å²) in [6, 6.07) is 4.40. The van der Waals surface area contributed by atoms with Gasteiger partial charge in [0.2, 0.25) is 5.88 Å². The van der Waals surface area contributed by atoms with E-state index in [9.17, 15) is 13.2 Å². The monoisotopic (exact) mass is 381 g/mol. The number of nitrogens with one attached hydrogen (secondary N) is 1. The van der Waals surface area contributed by atoms with Crippen LogP contribution in [0.1, 0.15) is 50.4 Å². The predicted octanol–water partition coefficient (Wildman–Crippen LogP) is 5.64. The highest BCUT2D eigenvalue weighted by Crippen LogP contribution is 2.40. The summed E-state index contributed by atoms with van der Waals surface area (Å²) in [5.41, 5.74) is 0.489. The van der Waals surface area contributed by atoms with Crippen LogP contribution >= 0.6 is 0 Å². The molecule has 0 spiro atoms. The van der Waals surface area contributed by atoms with Gasteiger partial charge in [0.25, 0.3) is 0 Å². The molecule has 0 atom stereocenters. The summed E-state index contributed by atoms with van der Waals surface area (Å²) in [6.45, 7) is 7.65. The van der Waals surface area contributed by atoms with Crippen molar-refractivity contribution < 1.29 is 17.9 Å². The molecular formula is C20H26F3N3O. The zero-order valence-corrected chi connectivity index (χ0v) is 16.4. The molecule has 0 aliphatic carbocycles. The van der Waals surface area contributed by atoms with E-state index in [-0.39, 0.29) is 23.2 Å². The van der Waals surface area contributed by atoms with Gasteiger partial charge in [-0.05, 0) is 32.3 Å². The number of hydrogen-bond donors (Lipinski definition) is 1. The number of halogens is 3. The fraction of sp³-hybridized carbons (Fsp3) is 0.500. The normalized spacial score (nSPS) is 11.7. The maximum Gasteiger partial charge on any atom is 0.417 e. The number of methoxy groups -OCH3 is 1. The van der Waals surface area contributed by atoms with Crippen molar-refractivity contribution in [1.29, 1.82) is 0 Å². The van der Waals surface area contributed by atoms with Crippen LogP contribution in [0.15, 0.2) is 18.2 Å². The molecule has 0 aliphatic heterocycles. The first-order valence-electron chi connectivity index (χ1n) is 9.14. The highest BCUT2D eigenvalue weighted by Gasteiger charge is 2.35. The third-order valence-electron chi connectivity index (χ3n) is 4.53. The number of nitrogens with zero attached hydrogens (tertiary/aromatic N) is 2. The number of alkyl halides is 3. The molecule has 0 saturated heterocycles. The minimum absolute atomic E-state index is 0.0266. The molecule has 0 radical (unpaired) electrons. The van der Waals surface area contributed by atoms with Gasteiger partial charge in [0, 0.05) is 11.6 Å². The first-order chi connectivity index (χ1) is 12.7. The van der Waals surface area contributed by atoms with Crippen LogP contribution in [0, 0.1) is 6.92 Å². The van der Waals surface area contributed by atoms with Crippen molar-refractivity contribution >= 4 is 5.82 Å². The highest BCUT2D eigenvalue weighted by molar-refractivity contribution is 5.71. The Kier molecular flexibility index (Phi) is 6.68. The third-order valence-corrected chi connectivity index (χ3v) is 4.53. The Morgan fingerprint density at radius 1 is 1.11 bits per heavy atom. The van der Waals surface area contributed by atoms with E-state index < -0.39 is 11.7 Å². The van der Waals surface area contributed by atoms with Crippen molar-refractivity contribution in [2.45, 2.75) is 59.2 Å². The number of ether oxygens (including phenoxy) is 1. The lowest BCUT2D eigenvalue weighted by Crippen LogP contribution is -2.20. The van der Waals surface area contributed by atoms with Crippen LogP contribution in [-0.4, -0.2) is 23.1 Å². The summed E-state index contributed by atoms with van der Waals surface area (Å²) >= 11 is 0. The van der Waals surface area contributed by atoms with E-state index in [1.807, 2.05) is 6.92 Å². The van der Waals surface area contributed by atoms with Gasteiger partial charge in [0.1, 0.15) is 5.69 Å². The summed E-state index contributed by atoms with van der Waals surface area (Å²) in [4.78, 5) is 8.96. The summed E-state index contributed by atoms with van der Waals surface area (Å²) in [5, 5.41) is 3.33. The van der Waals surface area contributed by atoms with Gasteiger partial charge in [0.15, 0.2) is 5.82 Å². The highest BCUT2D eigenvalue weighted by atomic mass is 19.4. The van der Waals surface area contributed by atoms with E-state index in [0.29, 0.717) is 23.5 Å². The first kappa shape index (κ1) is 21.0. The molecule has 1 heterocycles. The lowest BCUT2D eigenvalue weighted by atomic mass is 10.0. The second kappa shape index (κ2) is 8.59. The van der Waals surface area contributed by atoms with Crippen LogP contribution in [0.5, 0.6) is 5.88 Å². The van der Waals surface area contributed by atoms with E-state index in [0.717, 1.165) is 18.9 Å². The topological polar surface area (TPSA) is 47.0 Å². The minimum atomic E-state index is -4.49. The summed E-state index contributed by atoms with van der Waals surface area (Å²) in [7, 11) is 1.39. The van der Waals surface area contributed by atoms with Gasteiger partial charge in [-0.2, -0.15) is 18.2 Å². The molecule has 148 valence electrons. The van der Waals surface area contributed by atoms with Crippen LogP contribution in [0.4, 0.5) is 19.0 Å². The summed E-state index contributed by atoms with van der Waals surface area (Å²) in [5.74, 6) is 0.641. The maximum atomic E-state index is 13.6. The van der Waals surface area contributed by atoms with Crippen LogP contribution in [0.3, 0.4) is 0 Å². The van der Waals surface area contributed by atoms with Crippen molar-refractivity contribution in [3.63, 3.8) is 0 Å². The van der Waals surface area contributed by atoms with Gasteiger partial charge in [0.05, 0.1) is 18.4 Å². The molecular weight excluding hydrogens is 355 g/mol. The second-order valence-corrected chi connectivity index (χ2v) is 6.43. The van der Waals surface area contributed by atoms with Gasteiger partial charge in [-0.25, -0.2) is 4.98 Å². The fourth-order valence-electron chi connectivity index (χ4n) is 2.92. The largest absolute Gasteiger partial charge is 0.479 e. The molecule has 1 aromatic carbocycles. The zero-order valence-electron chi connectivity index (χ0n) is 16.4. The van der Waals surface area contributed by atoms with E-state index in [1.165, 1.54) is 13.2 Å². The summed E-state index contributed by atoms with van der Waals surface area (Å²) < 4.78 is 46.0. The van der Waals surface area contributed by atoms with E-state index >= 15 is 0 Å². The van der Waals surface area contributed by atoms with Crippen molar-refractivity contribution in [2.75, 3.05) is 12.4 Å². The molecule has 0 bridgehead atoms. The molecule has 27 heavy (non-hydrogen) atoms. The predicted molar refractivity (Wildman–Crippen MR) is 101 cm³/mol. The molecule has 1 N–H and O–H groups in total. The van der Waals surface area contributed by atoms with Gasteiger partial charge in [-0.1, -0.05) is 38.5 Å². The molecule has 0 saturated carbocycles. The van der Waals surface area contributed by atoms with Gasteiger partial charge < -0.3 is 10.1 Å². The average Bonchev–Trinajstić information content (AvgIpc) is 2.64.